The van der Waals surface area contributed by atoms with Gasteiger partial charge >= 0.3 is 0 Å². The smallest absolute Gasteiger partial charge is 0.224 e. The van der Waals surface area contributed by atoms with Crippen LogP contribution < -0.4 is 10.2 Å². The minimum atomic E-state index is 0.633. The Morgan fingerprint density at radius 1 is 1.21 bits per heavy atom. The molecule has 1 N–H and O–H groups in total. The Morgan fingerprint density at radius 3 is 2.92 bits per heavy atom. The Bertz CT molecular complexity index is 567. The lowest BCUT2D eigenvalue weighted by atomic mass is 9.97. The van der Waals surface area contributed by atoms with Crippen molar-refractivity contribution in [1.29, 1.82) is 0 Å². The van der Waals surface area contributed by atoms with E-state index in [0.29, 0.717) is 6.04 Å². The van der Waals surface area contributed by atoms with Crippen LogP contribution in [-0.4, -0.2) is 29.1 Å². The van der Waals surface area contributed by atoms with Crippen LogP contribution in [0.1, 0.15) is 70.4 Å². The maximum atomic E-state index is 4.82. The lowest BCUT2D eigenvalue weighted by molar-refractivity contribution is 0.446. The van der Waals surface area contributed by atoms with Crippen molar-refractivity contribution >= 4 is 11.8 Å². The number of nitrogens with zero attached hydrogens (tertiary/aromatic N) is 3. The molecule has 0 amide bonds. The fraction of sp³-hybridized carbons (Fsp3) is 0.700. The largest absolute Gasteiger partial charge is 0.354 e. The molecule has 1 saturated heterocycles. The first-order valence-electron chi connectivity index (χ1n) is 9.80. The second-order valence-electron chi connectivity index (χ2n) is 7.23. The van der Waals surface area contributed by atoms with Crippen molar-refractivity contribution < 1.29 is 0 Å². The van der Waals surface area contributed by atoms with Crippen LogP contribution in [0.25, 0.3) is 0 Å². The average Bonchev–Trinajstić information content (AvgIpc) is 2.62. The van der Waals surface area contributed by atoms with Gasteiger partial charge in [-0.05, 0) is 64.7 Å². The number of rotatable bonds is 6. The van der Waals surface area contributed by atoms with Gasteiger partial charge in [-0.1, -0.05) is 18.6 Å². The molecule has 4 nitrogen and oxygen atoms in total. The number of aryl methyl sites for hydroxylation is 1. The molecule has 24 heavy (non-hydrogen) atoms. The summed E-state index contributed by atoms with van der Waals surface area (Å²) >= 11 is 0. The fourth-order valence-electron chi connectivity index (χ4n) is 3.97. The van der Waals surface area contributed by atoms with Gasteiger partial charge in [-0.3, -0.25) is 0 Å². The Balaban J connectivity index is 1.63. The van der Waals surface area contributed by atoms with Gasteiger partial charge in [0.05, 0.1) is 0 Å². The minimum Gasteiger partial charge on any atom is -0.354 e. The Kier molecular flexibility index (Phi) is 6.11. The van der Waals surface area contributed by atoms with Crippen LogP contribution >= 0.6 is 0 Å². The molecule has 0 saturated carbocycles. The van der Waals surface area contributed by atoms with E-state index in [0.717, 1.165) is 37.0 Å². The second kappa shape index (κ2) is 8.50. The molecule has 1 fully saturated rings. The van der Waals surface area contributed by atoms with Crippen molar-refractivity contribution in [2.45, 2.75) is 77.7 Å². The van der Waals surface area contributed by atoms with Crippen LogP contribution in [0.15, 0.2) is 17.7 Å². The molecule has 0 spiro atoms. The number of hydrogen-bond donors (Lipinski definition) is 1. The Morgan fingerprint density at radius 2 is 2.12 bits per heavy atom. The van der Waals surface area contributed by atoms with Gasteiger partial charge in [-0.15, -0.1) is 0 Å². The van der Waals surface area contributed by atoms with Gasteiger partial charge in [0.15, 0.2) is 0 Å². The van der Waals surface area contributed by atoms with Crippen LogP contribution in [-0.2, 0) is 0 Å². The van der Waals surface area contributed by atoms with Gasteiger partial charge in [-0.25, -0.2) is 4.98 Å². The molecule has 3 rings (SSSR count). The van der Waals surface area contributed by atoms with Crippen molar-refractivity contribution in [3.63, 3.8) is 0 Å². The lowest BCUT2D eigenvalue weighted by Crippen LogP contribution is -2.39. The third kappa shape index (κ3) is 4.49. The quantitative estimate of drug-likeness (QED) is 0.757. The molecule has 0 bridgehead atoms. The highest BCUT2D eigenvalue weighted by atomic mass is 15.2. The van der Waals surface area contributed by atoms with Crippen molar-refractivity contribution in [3.05, 3.63) is 23.4 Å². The van der Waals surface area contributed by atoms with Crippen molar-refractivity contribution in [2.75, 3.05) is 23.3 Å². The summed E-state index contributed by atoms with van der Waals surface area (Å²) < 4.78 is 0. The monoisotopic (exact) mass is 328 g/mol. The Hall–Kier alpha value is -1.58. The molecule has 1 aromatic heterocycles. The molecule has 1 atom stereocenters. The molecule has 2 heterocycles. The van der Waals surface area contributed by atoms with Crippen LogP contribution in [0, 0.1) is 6.92 Å². The van der Waals surface area contributed by atoms with Gasteiger partial charge in [0.2, 0.25) is 5.95 Å². The number of hydrogen-bond acceptors (Lipinski definition) is 4. The maximum Gasteiger partial charge on any atom is 0.224 e. The molecule has 1 unspecified atom stereocenters. The fourth-order valence-corrected chi connectivity index (χ4v) is 3.97. The standard InChI is InChI=1S/C20H32N4/c1-3-18-11-7-8-14-24(18)19-15-16(2)22-20(23-19)21-13-12-17-9-5-4-6-10-17/h9,15,18H,3-8,10-14H2,1-2H3,(H,21,22,23). The molecule has 1 aliphatic heterocycles. The summed E-state index contributed by atoms with van der Waals surface area (Å²) in [6.07, 6.45) is 13.9. The van der Waals surface area contributed by atoms with E-state index in [2.05, 4.69) is 41.2 Å². The molecular weight excluding hydrogens is 296 g/mol. The zero-order chi connectivity index (χ0) is 16.8. The predicted octanol–water partition coefficient (Wildman–Crippen LogP) is 4.86. The lowest BCUT2D eigenvalue weighted by Gasteiger charge is -2.36. The summed E-state index contributed by atoms with van der Waals surface area (Å²) in [6.45, 7) is 6.42. The van der Waals surface area contributed by atoms with Gasteiger partial charge in [-0.2, -0.15) is 4.98 Å². The van der Waals surface area contributed by atoms with Crippen molar-refractivity contribution in [1.82, 2.24) is 9.97 Å². The van der Waals surface area contributed by atoms with E-state index in [1.54, 1.807) is 5.57 Å². The van der Waals surface area contributed by atoms with Crippen LogP contribution in [0.4, 0.5) is 11.8 Å². The zero-order valence-corrected chi connectivity index (χ0v) is 15.4. The molecule has 1 aliphatic carbocycles. The number of aromatic nitrogens is 2. The minimum absolute atomic E-state index is 0.633. The van der Waals surface area contributed by atoms with E-state index in [9.17, 15) is 0 Å². The summed E-state index contributed by atoms with van der Waals surface area (Å²) in [6, 6.07) is 2.77. The second-order valence-corrected chi connectivity index (χ2v) is 7.23. The molecule has 0 radical (unpaired) electrons. The zero-order valence-electron chi connectivity index (χ0n) is 15.4. The van der Waals surface area contributed by atoms with Gasteiger partial charge in [0, 0.05) is 30.9 Å². The molecule has 4 heteroatoms. The van der Waals surface area contributed by atoms with E-state index in [4.69, 9.17) is 4.98 Å². The van der Waals surface area contributed by atoms with E-state index in [1.165, 1.54) is 51.4 Å². The molecular formula is C20H32N4. The summed E-state index contributed by atoms with van der Waals surface area (Å²) in [5, 5.41) is 3.46. The topological polar surface area (TPSA) is 41.1 Å². The number of nitrogens with one attached hydrogen (secondary N) is 1. The third-order valence-electron chi connectivity index (χ3n) is 5.35. The highest BCUT2D eigenvalue weighted by Crippen LogP contribution is 2.26. The SMILES string of the molecule is CCC1CCCCN1c1cc(C)nc(NCCC2=CCCCC2)n1. The van der Waals surface area contributed by atoms with Crippen LogP contribution in [0.5, 0.6) is 0 Å². The van der Waals surface area contributed by atoms with Gasteiger partial charge < -0.3 is 10.2 Å². The first-order chi connectivity index (χ1) is 11.8. The molecule has 2 aliphatic rings. The van der Waals surface area contributed by atoms with Crippen LogP contribution in [0.2, 0.25) is 0 Å². The average molecular weight is 329 g/mol. The number of anilines is 2. The first kappa shape index (κ1) is 17.2. The summed E-state index contributed by atoms with van der Waals surface area (Å²) in [4.78, 5) is 11.9. The van der Waals surface area contributed by atoms with Gasteiger partial charge in [0.1, 0.15) is 5.82 Å². The van der Waals surface area contributed by atoms with Crippen LogP contribution in [0.3, 0.4) is 0 Å². The van der Waals surface area contributed by atoms with Crippen molar-refractivity contribution in [2.24, 2.45) is 0 Å². The Labute approximate surface area is 146 Å². The molecule has 0 aromatic carbocycles. The van der Waals surface area contributed by atoms with E-state index in [-0.39, 0.29) is 0 Å². The normalized spacial score (nSPS) is 21.5. The van der Waals surface area contributed by atoms with E-state index in [1.807, 2.05) is 0 Å². The van der Waals surface area contributed by atoms with Crippen molar-refractivity contribution in [3.8, 4) is 0 Å². The highest BCUT2D eigenvalue weighted by Gasteiger charge is 2.22. The number of piperidine rings is 1. The van der Waals surface area contributed by atoms with E-state index >= 15 is 0 Å². The molecule has 1 aromatic rings. The third-order valence-corrected chi connectivity index (χ3v) is 5.35. The first-order valence-corrected chi connectivity index (χ1v) is 9.80. The predicted molar refractivity (Wildman–Crippen MR) is 102 cm³/mol. The number of allylic oxidation sites excluding steroid dienone is 1. The molecule has 132 valence electrons. The summed E-state index contributed by atoms with van der Waals surface area (Å²) in [5.41, 5.74) is 2.66. The highest BCUT2D eigenvalue weighted by molar-refractivity contribution is 5.46. The summed E-state index contributed by atoms with van der Waals surface area (Å²) in [5.74, 6) is 1.90. The van der Waals surface area contributed by atoms with E-state index < -0.39 is 0 Å². The van der Waals surface area contributed by atoms with Gasteiger partial charge in [0.25, 0.3) is 0 Å². The maximum absolute atomic E-state index is 4.82. The summed E-state index contributed by atoms with van der Waals surface area (Å²) in [7, 11) is 0.